The first kappa shape index (κ1) is 18.2. The summed E-state index contributed by atoms with van der Waals surface area (Å²) in [6.45, 7) is -1.73. The molecule has 0 unspecified atom stereocenters. The smallest absolute Gasteiger partial charge is 0.411 e. The Morgan fingerprint density at radius 1 is 1.10 bits per heavy atom. The summed E-state index contributed by atoms with van der Waals surface area (Å²) in [5, 5.41) is 36.5. The Morgan fingerprint density at radius 2 is 1.43 bits per heavy atom. The summed E-state index contributed by atoms with van der Waals surface area (Å²) in [5.41, 5.74) is -1.74. The first-order valence-corrected chi connectivity index (χ1v) is 4.82. The number of halogens is 3. The number of rotatable bonds is 3. The lowest BCUT2D eigenvalue weighted by Gasteiger charge is -1.96. The Bertz CT molecular complexity index is 480. The first-order valence-electron chi connectivity index (χ1n) is 4.82. The number of carboxylic acids is 1. The zero-order valence-corrected chi connectivity index (χ0v) is 9.90. The van der Waals surface area contributed by atoms with Crippen molar-refractivity contribution < 1.29 is 38.0 Å². The van der Waals surface area contributed by atoms with E-state index >= 15 is 0 Å². The molecule has 0 heterocycles. The number of hydrogen-bond acceptors (Lipinski definition) is 6. The molecule has 1 aromatic rings. The minimum atomic E-state index is -4.40. The van der Waals surface area contributed by atoms with Crippen LogP contribution in [0.1, 0.15) is 10.4 Å². The Morgan fingerprint density at radius 3 is 1.62 bits per heavy atom. The highest BCUT2D eigenvalue weighted by Crippen LogP contribution is 2.22. The van der Waals surface area contributed by atoms with Crippen LogP contribution in [0.15, 0.2) is 18.2 Å². The summed E-state index contributed by atoms with van der Waals surface area (Å²) in [5.74, 6) is -1.46. The molecular weight excluding hydrogens is 305 g/mol. The van der Waals surface area contributed by atoms with Crippen LogP contribution in [0.25, 0.3) is 0 Å². The standard InChI is InChI=1S/C7H4N2O6.C2H3F3O/c10-7(11)4-1-5(8(12)13)3-6(2-4)9(14)15;3-2(4,5)1-6/h1-3H,(H,10,11);6H,1H2. The number of nitrogens with zero attached hydrogens (tertiary/aromatic N) is 2. The van der Waals surface area contributed by atoms with Gasteiger partial charge in [0.05, 0.1) is 21.5 Å². The number of aliphatic hydroxyl groups is 1. The van der Waals surface area contributed by atoms with E-state index in [1.165, 1.54) is 0 Å². The van der Waals surface area contributed by atoms with Crippen LogP contribution in [-0.2, 0) is 0 Å². The molecule has 0 amide bonds. The van der Waals surface area contributed by atoms with Crippen molar-refractivity contribution in [1.82, 2.24) is 0 Å². The fraction of sp³-hybridized carbons (Fsp3) is 0.222. The molecule has 1 aromatic carbocycles. The maximum absolute atomic E-state index is 10.5. The second-order valence-corrected chi connectivity index (χ2v) is 3.33. The molecule has 0 radical (unpaired) electrons. The maximum atomic E-state index is 10.5. The summed E-state index contributed by atoms with van der Waals surface area (Å²) in [4.78, 5) is 29.4. The quantitative estimate of drug-likeness (QED) is 0.638. The molecule has 0 aliphatic heterocycles. The fourth-order valence-corrected chi connectivity index (χ4v) is 0.929. The molecule has 2 N–H and O–H groups in total. The van der Waals surface area contributed by atoms with Gasteiger partial charge in [0.1, 0.15) is 6.61 Å². The second kappa shape index (κ2) is 7.14. The number of alkyl halides is 3. The Balaban J connectivity index is 0.000000567. The number of nitro groups is 2. The van der Waals surface area contributed by atoms with Crippen molar-refractivity contribution in [2.45, 2.75) is 6.18 Å². The third-order valence-corrected chi connectivity index (χ3v) is 1.75. The van der Waals surface area contributed by atoms with Crippen LogP contribution < -0.4 is 0 Å². The average molecular weight is 312 g/mol. The lowest BCUT2D eigenvalue weighted by Crippen LogP contribution is -2.12. The minimum Gasteiger partial charge on any atom is -0.478 e. The summed E-state index contributed by atoms with van der Waals surface area (Å²) >= 11 is 0. The van der Waals surface area contributed by atoms with Gasteiger partial charge < -0.3 is 10.2 Å². The van der Waals surface area contributed by atoms with Crippen molar-refractivity contribution in [3.05, 3.63) is 44.0 Å². The van der Waals surface area contributed by atoms with Gasteiger partial charge >= 0.3 is 12.1 Å². The molecule has 0 saturated heterocycles. The number of aliphatic hydroxyl groups excluding tert-OH is 1. The van der Waals surface area contributed by atoms with E-state index < -0.39 is 45.5 Å². The number of aromatic carboxylic acids is 1. The first-order chi connectivity index (χ1) is 9.47. The van der Waals surface area contributed by atoms with E-state index in [9.17, 15) is 38.2 Å². The molecule has 0 atom stereocenters. The molecule has 0 aliphatic rings. The van der Waals surface area contributed by atoms with E-state index in [4.69, 9.17) is 10.2 Å². The molecule has 0 spiro atoms. The van der Waals surface area contributed by atoms with Crippen LogP contribution in [0.2, 0.25) is 0 Å². The van der Waals surface area contributed by atoms with E-state index in [1.54, 1.807) is 0 Å². The monoisotopic (exact) mass is 312 g/mol. The molecule has 116 valence electrons. The largest absolute Gasteiger partial charge is 0.478 e. The van der Waals surface area contributed by atoms with Gasteiger partial charge in [-0.05, 0) is 0 Å². The number of carbonyl (C=O) groups is 1. The topological polar surface area (TPSA) is 144 Å². The van der Waals surface area contributed by atoms with Gasteiger partial charge in [0.25, 0.3) is 11.4 Å². The van der Waals surface area contributed by atoms with Gasteiger partial charge in [0.15, 0.2) is 0 Å². The van der Waals surface area contributed by atoms with Gasteiger partial charge in [-0.1, -0.05) is 0 Å². The third-order valence-electron chi connectivity index (χ3n) is 1.75. The zero-order chi connectivity index (χ0) is 16.8. The van der Waals surface area contributed by atoms with Crippen molar-refractivity contribution in [3.8, 4) is 0 Å². The summed E-state index contributed by atoms with van der Waals surface area (Å²) in [7, 11) is 0. The summed E-state index contributed by atoms with van der Waals surface area (Å²) < 4.78 is 31.6. The minimum absolute atomic E-state index is 0.490. The number of carboxylic acid groups (broad SMARTS) is 1. The predicted octanol–water partition coefficient (Wildman–Crippen LogP) is 1.74. The highest BCUT2D eigenvalue weighted by molar-refractivity contribution is 5.89. The molecule has 0 bridgehead atoms. The van der Waals surface area contributed by atoms with E-state index in [0.29, 0.717) is 6.07 Å². The summed E-state index contributed by atoms with van der Waals surface area (Å²) in [6.07, 6.45) is -4.40. The molecule has 0 fully saturated rings. The van der Waals surface area contributed by atoms with Gasteiger partial charge in [0.2, 0.25) is 0 Å². The van der Waals surface area contributed by atoms with Gasteiger partial charge in [-0.3, -0.25) is 20.2 Å². The average Bonchev–Trinajstić information content (AvgIpc) is 2.37. The van der Waals surface area contributed by atoms with Crippen LogP contribution in [-0.4, -0.2) is 38.8 Å². The molecular formula is C9H7F3N2O7. The summed E-state index contributed by atoms with van der Waals surface area (Å²) in [6, 6.07) is 2.22. The van der Waals surface area contributed by atoms with Gasteiger partial charge in [-0.15, -0.1) is 0 Å². The Hall–Kier alpha value is -2.76. The second-order valence-electron chi connectivity index (χ2n) is 3.33. The number of hydrogen-bond donors (Lipinski definition) is 2. The van der Waals surface area contributed by atoms with Crippen LogP contribution in [0.5, 0.6) is 0 Å². The predicted molar refractivity (Wildman–Crippen MR) is 59.9 cm³/mol. The maximum Gasteiger partial charge on any atom is 0.411 e. The van der Waals surface area contributed by atoms with Crippen LogP contribution >= 0.6 is 0 Å². The van der Waals surface area contributed by atoms with Crippen molar-refractivity contribution in [2.24, 2.45) is 0 Å². The molecule has 1 rings (SSSR count). The highest BCUT2D eigenvalue weighted by Gasteiger charge is 2.24. The van der Waals surface area contributed by atoms with E-state index in [2.05, 4.69) is 0 Å². The molecule has 9 nitrogen and oxygen atoms in total. The van der Waals surface area contributed by atoms with E-state index in [1.807, 2.05) is 0 Å². The van der Waals surface area contributed by atoms with Crippen LogP contribution in [0.4, 0.5) is 24.5 Å². The lowest BCUT2D eigenvalue weighted by atomic mass is 10.2. The number of benzene rings is 1. The lowest BCUT2D eigenvalue weighted by molar-refractivity contribution is -0.394. The molecule has 12 heteroatoms. The van der Waals surface area contributed by atoms with Crippen LogP contribution in [0.3, 0.4) is 0 Å². The third kappa shape index (κ3) is 6.81. The Labute approximate surface area is 113 Å². The SMILES string of the molecule is O=C(O)c1cc([N+](=O)[O-])cc([N+](=O)[O-])c1.OCC(F)(F)F. The zero-order valence-electron chi connectivity index (χ0n) is 9.90. The van der Waals surface area contributed by atoms with Gasteiger partial charge in [0, 0.05) is 12.1 Å². The van der Waals surface area contributed by atoms with Gasteiger partial charge in [-0.2, -0.15) is 13.2 Å². The molecule has 21 heavy (non-hydrogen) atoms. The fourth-order valence-electron chi connectivity index (χ4n) is 0.929. The van der Waals surface area contributed by atoms with Gasteiger partial charge in [-0.25, -0.2) is 4.79 Å². The molecule has 0 saturated carbocycles. The number of nitro benzene ring substituents is 2. The van der Waals surface area contributed by atoms with Crippen LogP contribution in [0, 0.1) is 20.2 Å². The van der Waals surface area contributed by atoms with Crippen molar-refractivity contribution in [2.75, 3.05) is 6.61 Å². The number of non-ortho nitro benzene ring substituents is 2. The van der Waals surface area contributed by atoms with Crippen molar-refractivity contribution in [3.63, 3.8) is 0 Å². The Kier molecular flexibility index (Phi) is 6.20. The normalized spacial score (nSPS) is 10.3. The molecule has 0 aromatic heterocycles. The van der Waals surface area contributed by atoms with Crippen molar-refractivity contribution >= 4 is 17.3 Å². The van der Waals surface area contributed by atoms with E-state index in [0.717, 1.165) is 12.1 Å². The van der Waals surface area contributed by atoms with Crippen molar-refractivity contribution in [1.29, 1.82) is 0 Å². The van der Waals surface area contributed by atoms with E-state index in [-0.39, 0.29) is 0 Å². The molecule has 0 aliphatic carbocycles. The highest BCUT2D eigenvalue weighted by atomic mass is 19.4.